The van der Waals surface area contributed by atoms with Crippen LogP contribution >= 0.6 is 0 Å². The number of carbonyl (C=O) groups excluding carboxylic acids is 1. The van der Waals surface area contributed by atoms with Gasteiger partial charge in [0.1, 0.15) is 27.5 Å². The number of nitrogens with zero attached hydrogens (tertiary/aromatic N) is 3. The number of hydrogen-bond donors (Lipinski definition) is 2. The number of alkyl halides is 3. The number of rotatable bonds is 9. The Labute approximate surface area is 225 Å². The molecule has 13 heteroatoms. The number of amides is 1. The number of sulfone groups is 1. The van der Waals surface area contributed by atoms with Crippen LogP contribution in [0.2, 0.25) is 0 Å². The molecule has 0 spiro atoms. The first-order valence-electron chi connectivity index (χ1n) is 12.6. The molecule has 39 heavy (non-hydrogen) atoms. The van der Waals surface area contributed by atoms with E-state index in [1.54, 1.807) is 6.92 Å². The van der Waals surface area contributed by atoms with Gasteiger partial charge in [-0.1, -0.05) is 19.9 Å². The fourth-order valence-electron chi connectivity index (χ4n) is 4.79. The van der Waals surface area contributed by atoms with Crippen LogP contribution in [0.15, 0.2) is 18.2 Å². The molecule has 1 aliphatic carbocycles. The van der Waals surface area contributed by atoms with Gasteiger partial charge in [-0.15, -0.1) is 0 Å². The Morgan fingerprint density at radius 3 is 2.51 bits per heavy atom. The second-order valence-corrected chi connectivity index (χ2v) is 12.4. The van der Waals surface area contributed by atoms with Crippen molar-refractivity contribution < 1.29 is 36.2 Å². The SMILES string of the molecule is CCc1nc(C(=O)NCC2(O)CCC(S(C)(=O)=O)CC2)c(C#N)n1-c1ccc(CC(C)C(F)(F)F)cc1OC. The number of nitriles is 1. The Morgan fingerprint density at radius 1 is 1.36 bits per heavy atom. The summed E-state index contributed by atoms with van der Waals surface area (Å²) in [5, 5.41) is 22.9. The molecule has 0 bridgehead atoms. The van der Waals surface area contributed by atoms with Gasteiger partial charge in [-0.2, -0.15) is 18.4 Å². The van der Waals surface area contributed by atoms with Crippen molar-refractivity contribution in [2.75, 3.05) is 19.9 Å². The third kappa shape index (κ3) is 6.91. The van der Waals surface area contributed by atoms with E-state index in [4.69, 9.17) is 4.74 Å². The molecule has 1 aromatic carbocycles. The van der Waals surface area contributed by atoms with Crippen LogP contribution in [0, 0.1) is 17.2 Å². The number of ether oxygens (including phenoxy) is 1. The predicted molar refractivity (Wildman–Crippen MR) is 138 cm³/mol. The summed E-state index contributed by atoms with van der Waals surface area (Å²) in [6.45, 7) is 2.73. The second-order valence-electron chi connectivity index (χ2n) is 10.1. The quantitative estimate of drug-likeness (QED) is 0.471. The summed E-state index contributed by atoms with van der Waals surface area (Å²) in [7, 11) is -1.86. The van der Waals surface area contributed by atoms with Crippen LogP contribution in [0.1, 0.15) is 67.1 Å². The second kappa shape index (κ2) is 11.6. The van der Waals surface area contributed by atoms with Crippen molar-refractivity contribution >= 4 is 15.7 Å². The minimum absolute atomic E-state index is 0.0909. The van der Waals surface area contributed by atoms with E-state index in [0.29, 0.717) is 23.5 Å². The lowest BCUT2D eigenvalue weighted by molar-refractivity contribution is -0.169. The number of imidazole rings is 1. The van der Waals surface area contributed by atoms with Crippen molar-refractivity contribution in [1.29, 1.82) is 5.26 Å². The molecular formula is C26H33F3N4O5S. The van der Waals surface area contributed by atoms with Crippen LogP contribution in [0.3, 0.4) is 0 Å². The molecule has 3 rings (SSSR count). The monoisotopic (exact) mass is 570 g/mol. The molecular weight excluding hydrogens is 537 g/mol. The van der Waals surface area contributed by atoms with Crippen molar-refractivity contribution in [2.45, 2.75) is 69.4 Å². The first-order chi connectivity index (χ1) is 18.1. The van der Waals surface area contributed by atoms with Gasteiger partial charge in [0.05, 0.1) is 29.6 Å². The summed E-state index contributed by atoms with van der Waals surface area (Å²) in [4.78, 5) is 17.4. The van der Waals surface area contributed by atoms with Gasteiger partial charge >= 0.3 is 6.18 Å². The number of aromatic nitrogens is 2. The molecule has 1 amide bonds. The Hall–Kier alpha value is -3.11. The third-order valence-corrected chi connectivity index (χ3v) is 8.90. The first-order valence-corrected chi connectivity index (χ1v) is 14.5. The van der Waals surface area contributed by atoms with Crippen LogP contribution in [0.4, 0.5) is 13.2 Å². The van der Waals surface area contributed by atoms with E-state index in [1.165, 1.54) is 36.1 Å². The summed E-state index contributed by atoms with van der Waals surface area (Å²) < 4.78 is 69.6. The maximum absolute atomic E-state index is 13.1. The highest BCUT2D eigenvalue weighted by Crippen LogP contribution is 2.34. The van der Waals surface area contributed by atoms with Crippen LogP contribution in [-0.4, -0.2) is 65.9 Å². The number of aliphatic hydroxyl groups is 1. The molecule has 1 fully saturated rings. The van der Waals surface area contributed by atoms with E-state index in [0.717, 1.165) is 6.92 Å². The molecule has 9 nitrogen and oxygen atoms in total. The van der Waals surface area contributed by atoms with Gasteiger partial charge in [0, 0.05) is 19.2 Å². The molecule has 0 radical (unpaired) electrons. The van der Waals surface area contributed by atoms with E-state index < -0.39 is 38.7 Å². The van der Waals surface area contributed by atoms with Crippen LogP contribution in [0.5, 0.6) is 5.75 Å². The van der Waals surface area contributed by atoms with Crippen LogP contribution < -0.4 is 10.1 Å². The van der Waals surface area contributed by atoms with Crippen LogP contribution in [-0.2, 0) is 22.7 Å². The first kappa shape index (κ1) is 30.4. The average Bonchev–Trinajstić information content (AvgIpc) is 3.25. The Kier molecular flexibility index (Phi) is 9.02. The van der Waals surface area contributed by atoms with E-state index in [1.807, 2.05) is 6.07 Å². The number of halogens is 3. The van der Waals surface area contributed by atoms with Crippen molar-refractivity contribution in [3.05, 3.63) is 41.0 Å². The highest BCUT2D eigenvalue weighted by molar-refractivity contribution is 7.91. The largest absolute Gasteiger partial charge is 0.495 e. The number of hydrogen-bond acceptors (Lipinski definition) is 7. The lowest BCUT2D eigenvalue weighted by Crippen LogP contribution is -2.47. The van der Waals surface area contributed by atoms with E-state index >= 15 is 0 Å². The summed E-state index contributed by atoms with van der Waals surface area (Å²) >= 11 is 0. The zero-order chi connectivity index (χ0) is 29.2. The number of carbonyl (C=O) groups is 1. The van der Waals surface area contributed by atoms with Gasteiger partial charge in [0.25, 0.3) is 5.91 Å². The number of nitrogens with one attached hydrogen (secondary N) is 1. The minimum atomic E-state index is -4.35. The summed E-state index contributed by atoms with van der Waals surface area (Å²) in [5.74, 6) is -1.67. The normalized spacial score (nSPS) is 20.7. The van der Waals surface area contributed by atoms with Gasteiger partial charge < -0.3 is 15.2 Å². The number of aryl methyl sites for hydroxylation is 1. The molecule has 1 saturated carbocycles. The minimum Gasteiger partial charge on any atom is -0.495 e. The number of benzene rings is 1. The predicted octanol–water partition coefficient (Wildman–Crippen LogP) is 3.50. The lowest BCUT2D eigenvalue weighted by atomic mass is 9.84. The van der Waals surface area contributed by atoms with Gasteiger partial charge in [-0.05, 0) is 49.8 Å². The maximum atomic E-state index is 13.1. The zero-order valence-electron chi connectivity index (χ0n) is 22.3. The lowest BCUT2D eigenvalue weighted by Gasteiger charge is -2.35. The fraction of sp³-hybridized carbons (Fsp3) is 0.577. The molecule has 1 aromatic heterocycles. The summed E-state index contributed by atoms with van der Waals surface area (Å²) in [5.41, 5.74) is -0.800. The molecule has 214 valence electrons. The third-order valence-electron chi connectivity index (χ3n) is 7.22. The maximum Gasteiger partial charge on any atom is 0.391 e. The van der Waals surface area contributed by atoms with Crippen molar-refractivity contribution in [3.63, 3.8) is 0 Å². The smallest absolute Gasteiger partial charge is 0.391 e. The van der Waals surface area contributed by atoms with E-state index in [9.17, 15) is 36.8 Å². The fourth-order valence-corrected chi connectivity index (χ4v) is 5.88. The van der Waals surface area contributed by atoms with E-state index in [-0.39, 0.29) is 55.8 Å². The molecule has 1 heterocycles. The zero-order valence-corrected chi connectivity index (χ0v) is 23.1. The van der Waals surface area contributed by atoms with Crippen molar-refractivity contribution in [2.24, 2.45) is 5.92 Å². The van der Waals surface area contributed by atoms with Gasteiger partial charge in [0.15, 0.2) is 11.4 Å². The van der Waals surface area contributed by atoms with Gasteiger partial charge in [-0.25, -0.2) is 13.4 Å². The van der Waals surface area contributed by atoms with Gasteiger partial charge in [0.2, 0.25) is 0 Å². The van der Waals surface area contributed by atoms with Crippen molar-refractivity contribution in [3.8, 4) is 17.5 Å². The van der Waals surface area contributed by atoms with Gasteiger partial charge in [-0.3, -0.25) is 9.36 Å². The summed E-state index contributed by atoms with van der Waals surface area (Å²) in [6.07, 6.45) is -2.15. The Balaban J connectivity index is 1.86. The molecule has 1 aliphatic rings. The highest BCUT2D eigenvalue weighted by atomic mass is 32.2. The van der Waals surface area contributed by atoms with Crippen LogP contribution in [0.25, 0.3) is 5.69 Å². The van der Waals surface area contributed by atoms with E-state index in [2.05, 4.69) is 10.3 Å². The Morgan fingerprint density at radius 2 is 2.00 bits per heavy atom. The van der Waals surface area contributed by atoms with Crippen molar-refractivity contribution in [1.82, 2.24) is 14.9 Å². The average molecular weight is 571 g/mol. The molecule has 2 aromatic rings. The molecule has 1 atom stereocenters. The molecule has 0 aliphatic heterocycles. The Bertz CT molecular complexity index is 1360. The molecule has 0 saturated heterocycles. The molecule has 1 unspecified atom stereocenters. The number of methoxy groups -OCH3 is 1. The standard InChI is InChI=1S/C26H33F3N4O5S/c1-5-22-32-23(24(34)31-15-25(35)10-8-18(9-11-25)39(4,36)37)20(14-30)33(22)19-7-6-17(13-21(19)38-3)12-16(2)26(27,28)29/h6-7,13,16,18,35H,5,8-12,15H2,1-4H3,(H,31,34). The summed E-state index contributed by atoms with van der Waals surface area (Å²) in [6, 6.07) is 6.51. The molecule has 2 N–H and O–H groups in total. The highest BCUT2D eigenvalue weighted by Gasteiger charge is 2.38. The topological polar surface area (TPSA) is 134 Å².